The molecule has 2 aromatic rings. The molecule has 0 saturated carbocycles. The van der Waals surface area contributed by atoms with E-state index >= 15 is 0 Å². The van der Waals surface area contributed by atoms with Gasteiger partial charge in [0.1, 0.15) is 0 Å². The molecule has 3 heteroatoms. The largest absolute Gasteiger partial charge is 0.466 e. The van der Waals surface area contributed by atoms with Crippen molar-refractivity contribution in [1.82, 2.24) is 4.90 Å². The highest BCUT2D eigenvalue weighted by Crippen LogP contribution is 2.21. The molecule has 0 amide bonds. The Balaban J connectivity index is 2.19. The minimum Gasteiger partial charge on any atom is -0.466 e. The number of rotatable bonds is 9. The van der Waals surface area contributed by atoms with Gasteiger partial charge < -0.3 is 4.74 Å². The third kappa shape index (κ3) is 6.49. The normalized spacial score (nSPS) is 12.7. The second-order valence-corrected chi connectivity index (χ2v) is 6.85. The molecule has 0 spiro atoms. The molecule has 0 N–H and O–H groups in total. The monoisotopic (exact) mass is 351 g/mol. The fourth-order valence-electron chi connectivity index (χ4n) is 3.14. The number of carbonyl (C=O) groups is 1. The van der Waals surface area contributed by atoms with Gasteiger partial charge in [0.2, 0.25) is 0 Å². The van der Waals surface area contributed by atoms with Gasteiger partial charge in [0.15, 0.2) is 0 Å². The third-order valence-corrected chi connectivity index (χ3v) is 4.53. The van der Waals surface area contributed by atoms with Crippen molar-refractivity contribution in [2.24, 2.45) is 5.92 Å². The average Bonchev–Trinajstić information content (AvgIpc) is 2.66. The molecule has 26 heavy (non-hydrogen) atoms. The van der Waals surface area contributed by atoms with Crippen LogP contribution >= 0.6 is 0 Å². The second-order valence-electron chi connectivity index (χ2n) is 6.85. The van der Waals surface area contributed by atoms with E-state index in [1.807, 2.05) is 18.2 Å². The van der Waals surface area contributed by atoms with Crippen molar-refractivity contribution in [1.29, 1.82) is 0 Å². The Bertz CT molecular complexity index is 638. The molecule has 0 aliphatic heterocycles. The summed E-state index contributed by atoms with van der Waals surface area (Å²) in [6.07, 6.45) is 4.27. The minimum atomic E-state index is -0.301. The molecule has 0 aromatic heterocycles. The number of ether oxygens (including phenoxy) is 1. The predicted octanol–water partition coefficient (Wildman–Crippen LogP) is 4.83. The van der Waals surface area contributed by atoms with Crippen molar-refractivity contribution in [2.75, 3.05) is 7.11 Å². The summed E-state index contributed by atoms with van der Waals surface area (Å²) in [6, 6.07) is 21.4. The summed E-state index contributed by atoms with van der Waals surface area (Å²) in [5, 5.41) is 0. The van der Waals surface area contributed by atoms with E-state index in [0.29, 0.717) is 12.0 Å². The fraction of sp³-hybridized carbons (Fsp3) is 0.348. The zero-order chi connectivity index (χ0) is 18.8. The summed E-state index contributed by atoms with van der Waals surface area (Å²) in [7, 11) is 1.41. The Labute approximate surface area is 157 Å². The van der Waals surface area contributed by atoms with Gasteiger partial charge in [0.25, 0.3) is 0 Å². The smallest absolute Gasteiger partial charge is 0.330 e. The minimum absolute atomic E-state index is 0.301. The summed E-state index contributed by atoms with van der Waals surface area (Å²) in [5.41, 5.74) is 2.59. The lowest BCUT2D eigenvalue weighted by molar-refractivity contribution is -0.134. The van der Waals surface area contributed by atoms with E-state index in [9.17, 15) is 4.79 Å². The lowest BCUT2D eigenvalue weighted by atomic mass is 9.97. The summed E-state index contributed by atoms with van der Waals surface area (Å²) in [5.74, 6) is 0.162. The lowest BCUT2D eigenvalue weighted by Crippen LogP contribution is -2.37. The summed E-state index contributed by atoms with van der Waals surface area (Å²) in [6.45, 7) is 6.23. The van der Waals surface area contributed by atoms with Gasteiger partial charge >= 0.3 is 5.97 Å². The Morgan fingerprint density at radius 2 is 1.46 bits per heavy atom. The van der Waals surface area contributed by atoms with Crippen LogP contribution in [0.3, 0.4) is 0 Å². The van der Waals surface area contributed by atoms with Crippen molar-refractivity contribution < 1.29 is 9.53 Å². The number of carbonyl (C=O) groups excluding carboxylic acids is 1. The summed E-state index contributed by atoms with van der Waals surface area (Å²) >= 11 is 0. The van der Waals surface area contributed by atoms with Gasteiger partial charge in [0.05, 0.1) is 7.11 Å². The Kier molecular flexibility index (Phi) is 8.10. The molecule has 3 nitrogen and oxygen atoms in total. The molecule has 0 bridgehead atoms. The highest BCUT2D eigenvalue weighted by atomic mass is 16.5. The SMILES string of the molecule is COC(=O)/C=C/CC(C(C)C)N(Cc1ccccc1)Cc1ccccc1. The molecule has 0 heterocycles. The predicted molar refractivity (Wildman–Crippen MR) is 107 cm³/mol. The lowest BCUT2D eigenvalue weighted by Gasteiger charge is -2.34. The molecule has 0 aliphatic carbocycles. The van der Waals surface area contributed by atoms with E-state index < -0.39 is 0 Å². The fourth-order valence-corrected chi connectivity index (χ4v) is 3.14. The molecule has 1 unspecified atom stereocenters. The first kappa shape index (κ1) is 19.9. The first-order valence-electron chi connectivity index (χ1n) is 9.16. The van der Waals surface area contributed by atoms with E-state index in [2.05, 4.69) is 67.3 Å². The quantitative estimate of drug-likeness (QED) is 0.478. The first-order valence-corrected chi connectivity index (χ1v) is 9.16. The number of hydrogen-bond acceptors (Lipinski definition) is 3. The maximum Gasteiger partial charge on any atom is 0.330 e. The summed E-state index contributed by atoms with van der Waals surface area (Å²) < 4.78 is 4.70. The van der Waals surface area contributed by atoms with E-state index in [-0.39, 0.29) is 5.97 Å². The van der Waals surface area contributed by atoms with Gasteiger partial charge in [-0.05, 0) is 23.5 Å². The van der Waals surface area contributed by atoms with Gasteiger partial charge in [-0.1, -0.05) is 80.6 Å². The van der Waals surface area contributed by atoms with E-state index in [4.69, 9.17) is 4.74 Å². The van der Waals surface area contributed by atoms with Crippen LogP contribution in [0, 0.1) is 5.92 Å². The van der Waals surface area contributed by atoms with Gasteiger partial charge in [-0.25, -0.2) is 4.79 Å². The van der Waals surface area contributed by atoms with Crippen LogP contribution in [0.1, 0.15) is 31.4 Å². The molecular weight excluding hydrogens is 322 g/mol. The highest BCUT2D eigenvalue weighted by molar-refractivity contribution is 5.81. The van der Waals surface area contributed by atoms with Crippen molar-refractivity contribution in [2.45, 2.75) is 39.4 Å². The molecule has 0 radical (unpaired) electrons. The zero-order valence-corrected chi connectivity index (χ0v) is 16.0. The zero-order valence-electron chi connectivity index (χ0n) is 16.0. The van der Waals surface area contributed by atoms with Crippen LogP contribution in [0.25, 0.3) is 0 Å². The number of benzene rings is 2. The molecular formula is C23H29NO2. The molecule has 0 fully saturated rings. The van der Waals surface area contributed by atoms with Crippen molar-refractivity contribution in [3.8, 4) is 0 Å². The van der Waals surface area contributed by atoms with E-state index in [1.165, 1.54) is 24.3 Å². The first-order chi connectivity index (χ1) is 12.6. The van der Waals surface area contributed by atoms with Gasteiger partial charge in [-0.2, -0.15) is 0 Å². The van der Waals surface area contributed by atoms with Crippen LogP contribution in [0.5, 0.6) is 0 Å². The maximum atomic E-state index is 11.4. The van der Waals surface area contributed by atoms with Crippen LogP contribution < -0.4 is 0 Å². The molecule has 2 rings (SSSR count). The van der Waals surface area contributed by atoms with Crippen LogP contribution in [-0.4, -0.2) is 24.0 Å². The van der Waals surface area contributed by atoms with Crippen molar-refractivity contribution in [3.63, 3.8) is 0 Å². The number of nitrogens with zero attached hydrogens (tertiary/aromatic N) is 1. The van der Waals surface area contributed by atoms with Crippen LogP contribution in [0.4, 0.5) is 0 Å². The number of hydrogen-bond donors (Lipinski definition) is 0. The number of esters is 1. The van der Waals surface area contributed by atoms with Crippen LogP contribution in [-0.2, 0) is 22.6 Å². The molecule has 1 atom stereocenters. The Morgan fingerprint density at radius 3 is 1.88 bits per heavy atom. The van der Waals surface area contributed by atoms with E-state index in [0.717, 1.165) is 19.5 Å². The van der Waals surface area contributed by atoms with Crippen molar-refractivity contribution in [3.05, 3.63) is 83.9 Å². The standard InChI is InChI=1S/C23H29NO2/c1-19(2)22(15-10-16-23(25)26-3)24(17-20-11-6-4-7-12-20)18-21-13-8-5-9-14-21/h4-14,16,19,22H,15,17-18H2,1-3H3/b16-10+. The number of methoxy groups -OCH3 is 1. The van der Waals surface area contributed by atoms with E-state index in [1.54, 1.807) is 0 Å². The Morgan fingerprint density at radius 1 is 0.962 bits per heavy atom. The van der Waals surface area contributed by atoms with Crippen molar-refractivity contribution >= 4 is 5.97 Å². The van der Waals surface area contributed by atoms with Gasteiger partial charge in [-0.3, -0.25) is 4.90 Å². The van der Waals surface area contributed by atoms with Gasteiger partial charge in [-0.15, -0.1) is 0 Å². The topological polar surface area (TPSA) is 29.5 Å². The van der Waals surface area contributed by atoms with Gasteiger partial charge in [0, 0.05) is 25.2 Å². The molecule has 0 aliphatic rings. The maximum absolute atomic E-state index is 11.4. The Hall–Kier alpha value is -2.39. The molecule has 2 aromatic carbocycles. The molecule has 0 saturated heterocycles. The molecule has 138 valence electrons. The summed E-state index contributed by atoms with van der Waals surface area (Å²) in [4.78, 5) is 13.9. The van der Waals surface area contributed by atoms with Crippen LogP contribution in [0.15, 0.2) is 72.8 Å². The highest BCUT2D eigenvalue weighted by Gasteiger charge is 2.21. The average molecular weight is 351 g/mol. The van der Waals surface area contributed by atoms with Crippen LogP contribution in [0.2, 0.25) is 0 Å². The second kappa shape index (κ2) is 10.6. The third-order valence-electron chi connectivity index (χ3n) is 4.53.